The highest BCUT2D eigenvalue weighted by Crippen LogP contribution is 2.48. The first-order valence-electron chi connectivity index (χ1n) is 11.3. The maximum Gasteiger partial charge on any atom is 0.0431 e. The molecule has 0 aliphatic heterocycles. The molecule has 0 spiro atoms. The van der Waals surface area contributed by atoms with E-state index in [1.165, 1.54) is 70.6 Å². The minimum Gasteiger partial charge on any atom is -0.396 e. The Morgan fingerprint density at radius 3 is 1.96 bits per heavy atom. The Kier molecular flexibility index (Phi) is 7.07. The SMILES string of the molecule is CC1CCC(C2CCC(C3CCC(CCCO)CC3)C(C)C2)CC1. The van der Waals surface area contributed by atoms with E-state index in [1.54, 1.807) is 6.42 Å². The van der Waals surface area contributed by atoms with Gasteiger partial charge in [0.15, 0.2) is 0 Å². The molecular weight excluding hydrogens is 292 g/mol. The molecule has 3 fully saturated rings. The van der Waals surface area contributed by atoms with Crippen LogP contribution in [0.3, 0.4) is 0 Å². The van der Waals surface area contributed by atoms with Crippen molar-refractivity contribution in [3.05, 3.63) is 0 Å². The fraction of sp³-hybridized carbons (Fsp3) is 1.00. The molecule has 3 aliphatic carbocycles. The van der Waals surface area contributed by atoms with Crippen molar-refractivity contribution in [3.63, 3.8) is 0 Å². The number of hydrogen-bond donors (Lipinski definition) is 1. The van der Waals surface area contributed by atoms with E-state index in [4.69, 9.17) is 5.11 Å². The molecule has 3 atom stereocenters. The van der Waals surface area contributed by atoms with Crippen molar-refractivity contribution < 1.29 is 5.11 Å². The number of aliphatic hydroxyl groups is 1. The molecule has 1 heteroatoms. The fourth-order valence-corrected chi connectivity index (χ4v) is 6.63. The lowest BCUT2D eigenvalue weighted by Crippen LogP contribution is -2.34. The Morgan fingerprint density at radius 1 is 0.708 bits per heavy atom. The van der Waals surface area contributed by atoms with Gasteiger partial charge in [-0.15, -0.1) is 0 Å². The van der Waals surface area contributed by atoms with E-state index in [2.05, 4.69) is 13.8 Å². The van der Waals surface area contributed by atoms with Crippen LogP contribution >= 0.6 is 0 Å². The van der Waals surface area contributed by atoms with E-state index in [0.29, 0.717) is 6.61 Å². The van der Waals surface area contributed by atoms with E-state index < -0.39 is 0 Å². The Bertz CT molecular complexity index is 349. The van der Waals surface area contributed by atoms with Gasteiger partial charge >= 0.3 is 0 Å². The average molecular weight is 335 g/mol. The molecule has 3 saturated carbocycles. The largest absolute Gasteiger partial charge is 0.396 e. The van der Waals surface area contributed by atoms with Crippen LogP contribution in [-0.2, 0) is 0 Å². The minimum absolute atomic E-state index is 0.390. The van der Waals surface area contributed by atoms with Gasteiger partial charge in [-0.05, 0) is 99.2 Å². The van der Waals surface area contributed by atoms with Crippen LogP contribution in [0.25, 0.3) is 0 Å². The Hall–Kier alpha value is -0.0400. The van der Waals surface area contributed by atoms with E-state index in [9.17, 15) is 0 Å². The Balaban J connectivity index is 1.43. The summed E-state index contributed by atoms with van der Waals surface area (Å²) in [5.41, 5.74) is 0. The molecule has 1 N–H and O–H groups in total. The molecule has 0 saturated heterocycles. The van der Waals surface area contributed by atoms with Crippen molar-refractivity contribution in [1.29, 1.82) is 0 Å². The second kappa shape index (κ2) is 9.06. The Morgan fingerprint density at radius 2 is 1.33 bits per heavy atom. The fourth-order valence-electron chi connectivity index (χ4n) is 6.63. The number of hydrogen-bond acceptors (Lipinski definition) is 1. The number of aliphatic hydroxyl groups excluding tert-OH is 1. The lowest BCUT2D eigenvalue weighted by molar-refractivity contribution is 0.0629. The second-order valence-corrected chi connectivity index (χ2v) is 9.88. The van der Waals surface area contributed by atoms with Crippen molar-refractivity contribution >= 4 is 0 Å². The van der Waals surface area contributed by atoms with Gasteiger partial charge in [-0.2, -0.15) is 0 Å². The quantitative estimate of drug-likeness (QED) is 0.613. The van der Waals surface area contributed by atoms with Gasteiger partial charge in [-0.3, -0.25) is 0 Å². The normalized spacial score (nSPS) is 44.4. The average Bonchev–Trinajstić information content (AvgIpc) is 2.61. The molecule has 0 amide bonds. The molecule has 0 bridgehead atoms. The third-order valence-corrected chi connectivity index (χ3v) is 8.27. The summed E-state index contributed by atoms with van der Waals surface area (Å²) in [5.74, 6) is 7.08. The smallest absolute Gasteiger partial charge is 0.0431 e. The lowest BCUT2D eigenvalue weighted by Gasteiger charge is -2.44. The van der Waals surface area contributed by atoms with Crippen molar-refractivity contribution in [2.24, 2.45) is 41.4 Å². The number of rotatable bonds is 5. The van der Waals surface area contributed by atoms with Crippen LogP contribution in [0.2, 0.25) is 0 Å². The predicted molar refractivity (Wildman–Crippen MR) is 103 cm³/mol. The third kappa shape index (κ3) is 4.77. The third-order valence-electron chi connectivity index (χ3n) is 8.27. The summed E-state index contributed by atoms with van der Waals surface area (Å²) in [4.78, 5) is 0. The first-order chi connectivity index (χ1) is 11.7. The summed E-state index contributed by atoms with van der Waals surface area (Å²) < 4.78 is 0. The molecule has 0 heterocycles. The van der Waals surface area contributed by atoms with Gasteiger partial charge in [0.2, 0.25) is 0 Å². The van der Waals surface area contributed by atoms with Crippen LogP contribution in [0, 0.1) is 41.4 Å². The zero-order valence-electron chi connectivity index (χ0n) is 16.4. The van der Waals surface area contributed by atoms with Crippen molar-refractivity contribution in [3.8, 4) is 0 Å². The van der Waals surface area contributed by atoms with Gasteiger partial charge in [-0.25, -0.2) is 0 Å². The predicted octanol–water partition coefficient (Wildman–Crippen LogP) is 6.44. The molecule has 0 aromatic rings. The molecule has 0 aromatic heterocycles. The molecule has 3 rings (SSSR count). The summed E-state index contributed by atoms with van der Waals surface area (Å²) in [6, 6.07) is 0. The maximum absolute atomic E-state index is 9.03. The minimum atomic E-state index is 0.390. The highest BCUT2D eigenvalue weighted by molar-refractivity contribution is 4.88. The van der Waals surface area contributed by atoms with Crippen LogP contribution in [-0.4, -0.2) is 11.7 Å². The summed E-state index contributed by atoms with van der Waals surface area (Å²) in [6.07, 6.45) is 18.8. The van der Waals surface area contributed by atoms with Crippen molar-refractivity contribution in [1.82, 2.24) is 0 Å². The van der Waals surface area contributed by atoms with E-state index in [0.717, 1.165) is 47.8 Å². The Labute approximate surface area is 151 Å². The monoisotopic (exact) mass is 334 g/mol. The second-order valence-electron chi connectivity index (χ2n) is 9.88. The van der Waals surface area contributed by atoms with E-state index >= 15 is 0 Å². The topological polar surface area (TPSA) is 20.2 Å². The highest BCUT2D eigenvalue weighted by atomic mass is 16.2. The summed E-state index contributed by atoms with van der Waals surface area (Å²) >= 11 is 0. The van der Waals surface area contributed by atoms with E-state index in [-0.39, 0.29) is 0 Å². The summed E-state index contributed by atoms with van der Waals surface area (Å²) in [5, 5.41) is 9.03. The van der Waals surface area contributed by atoms with Crippen LogP contribution in [0.4, 0.5) is 0 Å². The first-order valence-corrected chi connectivity index (χ1v) is 11.3. The van der Waals surface area contributed by atoms with Crippen molar-refractivity contribution in [2.45, 2.75) is 97.3 Å². The first kappa shape index (κ1) is 18.7. The van der Waals surface area contributed by atoms with Gasteiger partial charge in [0, 0.05) is 6.61 Å². The van der Waals surface area contributed by atoms with Gasteiger partial charge in [0.05, 0.1) is 0 Å². The summed E-state index contributed by atoms with van der Waals surface area (Å²) in [7, 11) is 0. The molecule has 24 heavy (non-hydrogen) atoms. The van der Waals surface area contributed by atoms with Gasteiger partial charge in [0.1, 0.15) is 0 Å². The lowest BCUT2D eigenvalue weighted by atomic mass is 9.61. The molecule has 0 radical (unpaired) electrons. The standard InChI is InChI=1S/C23H42O/c1-17-5-9-20(10-6-17)22-13-14-23(18(2)16-22)21-11-7-19(8-12-21)4-3-15-24/h17-24H,3-16H2,1-2H3. The molecule has 3 unspecified atom stereocenters. The van der Waals surface area contributed by atoms with Crippen LogP contribution in [0.5, 0.6) is 0 Å². The van der Waals surface area contributed by atoms with Crippen molar-refractivity contribution in [2.75, 3.05) is 6.61 Å². The van der Waals surface area contributed by atoms with Gasteiger partial charge in [0.25, 0.3) is 0 Å². The molecule has 3 aliphatic rings. The molecular formula is C23H42O. The highest BCUT2D eigenvalue weighted by Gasteiger charge is 2.37. The molecule has 1 nitrogen and oxygen atoms in total. The zero-order valence-corrected chi connectivity index (χ0v) is 16.4. The maximum atomic E-state index is 9.03. The van der Waals surface area contributed by atoms with E-state index in [1.807, 2.05) is 0 Å². The molecule has 0 aromatic carbocycles. The van der Waals surface area contributed by atoms with Gasteiger partial charge < -0.3 is 5.11 Å². The summed E-state index contributed by atoms with van der Waals surface area (Å²) in [6.45, 7) is 5.42. The van der Waals surface area contributed by atoms with Crippen LogP contribution < -0.4 is 0 Å². The van der Waals surface area contributed by atoms with Crippen LogP contribution in [0.15, 0.2) is 0 Å². The van der Waals surface area contributed by atoms with Gasteiger partial charge in [-0.1, -0.05) is 39.5 Å². The van der Waals surface area contributed by atoms with Crippen LogP contribution in [0.1, 0.15) is 97.3 Å². The zero-order chi connectivity index (χ0) is 16.9. The molecule has 140 valence electrons.